The average Bonchev–Trinajstić information content (AvgIpc) is 2.69. The Morgan fingerprint density at radius 3 is 2.48 bits per heavy atom. The van der Waals surface area contributed by atoms with Crippen LogP contribution in [-0.4, -0.2) is 41.0 Å². The lowest BCUT2D eigenvalue weighted by Crippen LogP contribution is -2.52. The summed E-state index contributed by atoms with van der Waals surface area (Å²) in [5, 5.41) is 19.9. The minimum absolute atomic E-state index is 0.541. The van der Waals surface area contributed by atoms with E-state index in [4.69, 9.17) is 11.2 Å². The first-order valence-electron chi connectivity index (χ1n) is 8.39. The molecule has 1 aliphatic rings. The third-order valence-corrected chi connectivity index (χ3v) is 5.38. The van der Waals surface area contributed by atoms with Crippen LogP contribution < -0.4 is 0 Å². The molecule has 1 saturated heterocycles. The largest absolute Gasteiger partial charge is 0.382 e. The van der Waals surface area contributed by atoms with E-state index in [9.17, 15) is 19.4 Å². The van der Waals surface area contributed by atoms with Gasteiger partial charge < -0.3 is 14.9 Å². The molecule has 0 bridgehead atoms. The summed E-state index contributed by atoms with van der Waals surface area (Å²) < 4.78 is 19.4. The van der Waals surface area contributed by atoms with Crippen LogP contribution in [0.5, 0.6) is 0 Å². The van der Waals surface area contributed by atoms with Crippen LogP contribution in [0.1, 0.15) is 28.4 Å². The number of ether oxygens (including phenoxy) is 1. The van der Waals surface area contributed by atoms with E-state index in [0.29, 0.717) is 12.0 Å². The number of alkyl halides is 1. The van der Waals surface area contributed by atoms with Crippen LogP contribution in [0.15, 0.2) is 46.9 Å². The first-order chi connectivity index (χ1) is 12.9. The van der Waals surface area contributed by atoms with Crippen molar-refractivity contribution in [3.05, 3.63) is 69.2 Å². The van der Waals surface area contributed by atoms with Crippen LogP contribution in [-0.2, 0) is 16.0 Å². The number of ketones is 1. The Morgan fingerprint density at radius 2 is 1.85 bits per heavy atom. The second kappa shape index (κ2) is 8.32. The van der Waals surface area contributed by atoms with Crippen LogP contribution in [0.4, 0.5) is 4.39 Å². The third kappa shape index (κ3) is 4.12. The Balaban J connectivity index is 1.88. The van der Waals surface area contributed by atoms with Crippen LogP contribution in [0.25, 0.3) is 0 Å². The van der Waals surface area contributed by atoms with E-state index < -0.39 is 36.9 Å². The zero-order chi connectivity index (χ0) is 19.6. The number of Topliss-reactive ketones (excluding diaryl/α,β-unsaturated/α-hetero) is 1. The van der Waals surface area contributed by atoms with Gasteiger partial charge in [0.05, 0.1) is 0 Å². The van der Waals surface area contributed by atoms with E-state index in [1.54, 1.807) is 18.2 Å². The Hall–Kier alpha value is -2.04. The van der Waals surface area contributed by atoms with Gasteiger partial charge >= 0.3 is 0 Å². The molecule has 2 aromatic carbocycles. The van der Waals surface area contributed by atoms with E-state index in [2.05, 4.69) is 21.9 Å². The highest BCUT2D eigenvalue weighted by atomic mass is 79.9. The van der Waals surface area contributed by atoms with E-state index >= 15 is 0 Å². The number of carbonyl (C=O) groups excluding carboxylic acids is 1. The predicted octanol–water partition coefficient (Wildman–Crippen LogP) is 2.72. The van der Waals surface area contributed by atoms with Crippen molar-refractivity contribution in [1.29, 1.82) is 0 Å². The fraction of sp³-hybridized carbons (Fsp3) is 0.286. The number of hydrogen-bond acceptors (Lipinski definition) is 4. The van der Waals surface area contributed by atoms with Crippen molar-refractivity contribution in [3.8, 4) is 12.3 Å². The van der Waals surface area contributed by atoms with Crippen LogP contribution >= 0.6 is 15.9 Å². The van der Waals surface area contributed by atoms with Gasteiger partial charge in [0.15, 0.2) is 5.78 Å². The fourth-order valence-electron chi connectivity index (χ4n) is 3.07. The van der Waals surface area contributed by atoms with Gasteiger partial charge in [0.25, 0.3) is 0 Å². The highest BCUT2D eigenvalue weighted by molar-refractivity contribution is 9.10. The van der Waals surface area contributed by atoms with Gasteiger partial charge in [-0.05, 0) is 41.3 Å². The lowest BCUT2D eigenvalue weighted by Gasteiger charge is -2.35. The van der Waals surface area contributed by atoms with Gasteiger partial charge in [-0.2, -0.15) is 0 Å². The van der Waals surface area contributed by atoms with Crippen molar-refractivity contribution in [1.82, 2.24) is 0 Å². The Bertz CT molecular complexity index is 875. The monoisotopic (exact) mass is 432 g/mol. The van der Waals surface area contributed by atoms with Crippen molar-refractivity contribution in [2.75, 3.05) is 6.67 Å². The minimum atomic E-state index is -1.66. The number of hydrogen-bond donors (Lipinski definition) is 2. The van der Waals surface area contributed by atoms with Gasteiger partial charge in [0.2, 0.25) is 0 Å². The molecule has 0 spiro atoms. The molecule has 4 atom stereocenters. The summed E-state index contributed by atoms with van der Waals surface area (Å²) in [6.45, 7) is -1.01. The highest BCUT2D eigenvalue weighted by Gasteiger charge is 2.44. The van der Waals surface area contributed by atoms with Crippen LogP contribution in [0.2, 0.25) is 0 Å². The molecule has 0 amide bonds. The summed E-state index contributed by atoms with van der Waals surface area (Å²) in [7, 11) is 0. The Kier molecular flexibility index (Phi) is 6.08. The Labute approximate surface area is 165 Å². The molecule has 1 aliphatic heterocycles. The SMILES string of the molecule is C#Cc1ccc(Cc2cc([C@@H]3O[C@H](CF)[C@@H](O)C(=O)[C@H]3O)ccc2Br)cc1. The quantitative estimate of drug-likeness (QED) is 0.728. The molecule has 0 saturated carbocycles. The molecule has 0 aromatic heterocycles. The molecule has 2 aromatic rings. The van der Waals surface area contributed by atoms with Crippen molar-refractivity contribution in [3.63, 3.8) is 0 Å². The van der Waals surface area contributed by atoms with Crippen molar-refractivity contribution >= 4 is 21.7 Å². The lowest BCUT2D eigenvalue weighted by atomic mass is 9.91. The molecule has 3 rings (SSSR count). The molecule has 0 aliphatic carbocycles. The third-order valence-electron chi connectivity index (χ3n) is 4.61. The summed E-state index contributed by atoms with van der Waals surface area (Å²) in [5.74, 6) is 1.74. The van der Waals surface area contributed by atoms with Gasteiger partial charge in [-0.3, -0.25) is 4.79 Å². The van der Waals surface area contributed by atoms with E-state index in [1.165, 1.54) is 0 Å². The highest BCUT2D eigenvalue weighted by Crippen LogP contribution is 2.33. The zero-order valence-electron chi connectivity index (χ0n) is 14.3. The molecular formula is C21H18BrFO4. The van der Waals surface area contributed by atoms with Crippen molar-refractivity contribution in [2.24, 2.45) is 0 Å². The molecule has 140 valence electrons. The first-order valence-corrected chi connectivity index (χ1v) is 9.19. The molecule has 27 heavy (non-hydrogen) atoms. The zero-order valence-corrected chi connectivity index (χ0v) is 15.9. The van der Waals surface area contributed by atoms with E-state index in [1.807, 2.05) is 24.3 Å². The molecule has 6 heteroatoms. The number of aliphatic hydroxyl groups excluding tert-OH is 2. The van der Waals surface area contributed by atoms with Crippen LogP contribution in [0.3, 0.4) is 0 Å². The molecular weight excluding hydrogens is 415 g/mol. The molecule has 2 N–H and O–H groups in total. The smallest absolute Gasteiger partial charge is 0.195 e. The number of rotatable bonds is 4. The number of benzene rings is 2. The normalized spacial score (nSPS) is 25.2. The van der Waals surface area contributed by atoms with Gasteiger partial charge in [0.1, 0.15) is 31.1 Å². The van der Waals surface area contributed by atoms with Gasteiger partial charge in [-0.15, -0.1) is 6.42 Å². The second-order valence-electron chi connectivity index (χ2n) is 6.41. The maximum absolute atomic E-state index is 13.1. The summed E-state index contributed by atoms with van der Waals surface area (Å²) in [6.07, 6.45) is 0.433. The average molecular weight is 433 g/mol. The maximum Gasteiger partial charge on any atom is 0.195 e. The standard InChI is InChI=1S/C21H18BrFO4/c1-2-12-3-5-13(6-4-12)9-15-10-14(7-8-16(15)22)21-20(26)19(25)18(24)17(11-23)27-21/h1,3-8,10,17-18,20-21,24,26H,9,11H2/t17-,18-,20-,21+/m1/s1. The minimum Gasteiger partial charge on any atom is -0.382 e. The number of carbonyl (C=O) groups is 1. The fourth-order valence-corrected chi connectivity index (χ4v) is 3.46. The first kappa shape index (κ1) is 19.7. The lowest BCUT2D eigenvalue weighted by molar-refractivity contribution is -0.185. The topological polar surface area (TPSA) is 66.8 Å². The number of halogens is 2. The predicted molar refractivity (Wildman–Crippen MR) is 102 cm³/mol. The number of aliphatic hydroxyl groups is 2. The van der Waals surface area contributed by atoms with Crippen molar-refractivity contribution in [2.45, 2.75) is 30.8 Å². The van der Waals surface area contributed by atoms with Gasteiger partial charge in [0, 0.05) is 10.0 Å². The summed E-state index contributed by atoms with van der Waals surface area (Å²) in [4.78, 5) is 12.0. The van der Waals surface area contributed by atoms with Gasteiger partial charge in [-0.25, -0.2) is 4.39 Å². The van der Waals surface area contributed by atoms with Gasteiger partial charge in [-0.1, -0.05) is 46.1 Å². The van der Waals surface area contributed by atoms with E-state index in [0.717, 1.165) is 21.2 Å². The van der Waals surface area contributed by atoms with Crippen molar-refractivity contribution < 1.29 is 24.1 Å². The maximum atomic E-state index is 13.1. The summed E-state index contributed by atoms with van der Waals surface area (Å²) in [5.41, 5.74) is 3.27. The molecule has 1 heterocycles. The molecule has 4 nitrogen and oxygen atoms in total. The van der Waals surface area contributed by atoms with E-state index in [-0.39, 0.29) is 0 Å². The molecule has 0 unspecified atom stereocenters. The molecule has 0 radical (unpaired) electrons. The number of terminal acetylenes is 1. The second-order valence-corrected chi connectivity index (χ2v) is 7.26. The Morgan fingerprint density at radius 1 is 1.15 bits per heavy atom. The summed E-state index contributed by atoms with van der Waals surface area (Å²) in [6, 6.07) is 12.9. The summed E-state index contributed by atoms with van der Waals surface area (Å²) >= 11 is 3.50. The van der Waals surface area contributed by atoms with Crippen LogP contribution in [0, 0.1) is 12.3 Å². The molecule has 1 fully saturated rings.